The summed E-state index contributed by atoms with van der Waals surface area (Å²) in [6.45, 7) is 7.87. The topological polar surface area (TPSA) is 59.3 Å². The van der Waals surface area contributed by atoms with Crippen LogP contribution in [0.4, 0.5) is 11.5 Å². The number of ketones is 1. The molecule has 0 aliphatic heterocycles. The van der Waals surface area contributed by atoms with Crippen LogP contribution in [0.2, 0.25) is 0 Å². The van der Waals surface area contributed by atoms with Gasteiger partial charge in [0.2, 0.25) is 0 Å². The largest absolute Gasteiger partial charge is 0.339 e. The van der Waals surface area contributed by atoms with E-state index >= 15 is 0 Å². The molecular formula is C18H20N4O. The summed E-state index contributed by atoms with van der Waals surface area (Å²) >= 11 is 0. The van der Waals surface area contributed by atoms with E-state index in [1.165, 1.54) is 11.1 Å². The minimum atomic E-state index is -0.0901. The molecule has 5 nitrogen and oxygen atoms in total. The van der Waals surface area contributed by atoms with E-state index in [1.807, 2.05) is 26.0 Å². The van der Waals surface area contributed by atoms with Crippen LogP contribution in [0.5, 0.6) is 0 Å². The van der Waals surface area contributed by atoms with E-state index in [9.17, 15) is 4.79 Å². The molecule has 23 heavy (non-hydrogen) atoms. The molecule has 0 radical (unpaired) electrons. The fraction of sp³-hybridized carbons (Fsp3) is 0.278. The number of fused-ring (bicyclic) bond motifs is 1. The lowest BCUT2D eigenvalue weighted by Crippen LogP contribution is -2.12. The number of nitrogens with zero attached hydrogens (tertiary/aromatic N) is 3. The van der Waals surface area contributed by atoms with Gasteiger partial charge in [-0.25, -0.2) is 9.50 Å². The third kappa shape index (κ3) is 3.08. The lowest BCUT2D eigenvalue weighted by atomic mass is 10.1. The molecule has 0 atom stereocenters. The van der Waals surface area contributed by atoms with E-state index in [2.05, 4.69) is 47.4 Å². The first-order valence-electron chi connectivity index (χ1n) is 7.68. The quantitative estimate of drug-likeness (QED) is 0.742. The highest BCUT2D eigenvalue weighted by Gasteiger charge is 2.16. The Hall–Kier alpha value is -2.69. The molecule has 5 heteroatoms. The molecule has 2 heterocycles. The molecule has 3 rings (SSSR count). The molecule has 0 unspecified atom stereocenters. The Labute approximate surface area is 135 Å². The molecule has 0 spiro atoms. The van der Waals surface area contributed by atoms with Crippen molar-refractivity contribution < 1.29 is 4.79 Å². The number of carbonyl (C=O) groups is 1. The second kappa shape index (κ2) is 5.83. The third-order valence-electron chi connectivity index (χ3n) is 3.63. The predicted molar refractivity (Wildman–Crippen MR) is 91.4 cm³/mol. The zero-order valence-corrected chi connectivity index (χ0v) is 13.8. The highest BCUT2D eigenvalue weighted by molar-refractivity contribution is 5.96. The smallest absolute Gasteiger partial charge is 0.185 e. The Morgan fingerprint density at radius 3 is 2.48 bits per heavy atom. The minimum Gasteiger partial charge on any atom is -0.339 e. The summed E-state index contributed by atoms with van der Waals surface area (Å²) in [5.74, 6) is 0.625. The number of benzene rings is 1. The number of Topliss-reactive ketones (excluding diaryl/α,β-unsaturated/α-hetero) is 1. The summed E-state index contributed by atoms with van der Waals surface area (Å²) in [5, 5.41) is 7.81. The van der Waals surface area contributed by atoms with Gasteiger partial charge in [-0.2, -0.15) is 0 Å². The van der Waals surface area contributed by atoms with Crippen LogP contribution in [-0.2, 0) is 0 Å². The molecule has 0 aliphatic carbocycles. The normalized spacial score (nSPS) is 11.2. The van der Waals surface area contributed by atoms with E-state index in [1.54, 1.807) is 10.7 Å². The number of anilines is 2. The van der Waals surface area contributed by atoms with Crippen molar-refractivity contribution in [3.63, 3.8) is 0 Å². The number of aromatic nitrogens is 3. The van der Waals surface area contributed by atoms with Crippen LogP contribution >= 0.6 is 0 Å². The van der Waals surface area contributed by atoms with E-state index in [4.69, 9.17) is 0 Å². The van der Waals surface area contributed by atoms with Gasteiger partial charge in [-0.05, 0) is 49.2 Å². The molecule has 0 amide bonds. The molecule has 1 N–H and O–H groups in total. The Bertz CT molecular complexity index is 860. The van der Waals surface area contributed by atoms with Crippen molar-refractivity contribution in [3.05, 3.63) is 53.3 Å². The van der Waals surface area contributed by atoms with Crippen LogP contribution in [0.15, 0.2) is 36.5 Å². The van der Waals surface area contributed by atoms with Gasteiger partial charge in [-0.1, -0.05) is 19.9 Å². The van der Waals surface area contributed by atoms with Crippen LogP contribution in [0.1, 0.15) is 35.5 Å². The van der Waals surface area contributed by atoms with Gasteiger partial charge in [0, 0.05) is 11.6 Å². The molecule has 3 aromatic rings. The van der Waals surface area contributed by atoms with Gasteiger partial charge in [0.1, 0.15) is 5.69 Å². The number of imidazole rings is 1. The minimum absolute atomic E-state index is 0.0357. The zero-order chi connectivity index (χ0) is 16.6. The summed E-state index contributed by atoms with van der Waals surface area (Å²) in [4.78, 5) is 16.5. The molecule has 0 bridgehead atoms. The maximum absolute atomic E-state index is 12.3. The van der Waals surface area contributed by atoms with Crippen LogP contribution in [0, 0.1) is 19.8 Å². The van der Waals surface area contributed by atoms with Crippen molar-refractivity contribution in [1.82, 2.24) is 14.6 Å². The maximum atomic E-state index is 12.3. The third-order valence-corrected chi connectivity index (χ3v) is 3.63. The molecule has 0 fully saturated rings. The summed E-state index contributed by atoms with van der Waals surface area (Å²) < 4.78 is 1.60. The van der Waals surface area contributed by atoms with Crippen molar-refractivity contribution in [2.75, 3.05) is 5.32 Å². The van der Waals surface area contributed by atoms with Gasteiger partial charge in [0.25, 0.3) is 0 Å². The van der Waals surface area contributed by atoms with Crippen LogP contribution in [-0.4, -0.2) is 20.4 Å². The van der Waals surface area contributed by atoms with Crippen LogP contribution < -0.4 is 5.32 Å². The molecule has 118 valence electrons. The number of hydrogen-bond donors (Lipinski definition) is 1. The number of nitrogens with one attached hydrogen (secondary N) is 1. The van der Waals surface area contributed by atoms with Gasteiger partial charge >= 0.3 is 0 Å². The van der Waals surface area contributed by atoms with Crippen molar-refractivity contribution in [1.29, 1.82) is 0 Å². The van der Waals surface area contributed by atoms with Gasteiger partial charge in [0.05, 0.1) is 6.20 Å². The van der Waals surface area contributed by atoms with Gasteiger partial charge in [-0.15, -0.1) is 5.10 Å². The van der Waals surface area contributed by atoms with E-state index in [0.29, 0.717) is 17.2 Å². The second-order valence-electron chi connectivity index (χ2n) is 6.15. The molecule has 0 saturated heterocycles. The SMILES string of the molecule is Cc1cc(C)cc(Nc2ccc3ncc(C(=O)C(C)C)n3n2)c1. The number of aryl methyl sites for hydroxylation is 2. The number of carbonyl (C=O) groups excluding carboxylic acids is 1. The summed E-state index contributed by atoms with van der Waals surface area (Å²) in [6, 6.07) is 9.97. The molecular weight excluding hydrogens is 288 g/mol. The summed E-state index contributed by atoms with van der Waals surface area (Å²) in [6.07, 6.45) is 1.59. The maximum Gasteiger partial charge on any atom is 0.185 e. The lowest BCUT2D eigenvalue weighted by molar-refractivity contribution is 0.0932. The number of hydrogen-bond acceptors (Lipinski definition) is 4. The number of rotatable bonds is 4. The van der Waals surface area contributed by atoms with Crippen molar-refractivity contribution in [3.8, 4) is 0 Å². The Balaban J connectivity index is 1.99. The highest BCUT2D eigenvalue weighted by atomic mass is 16.1. The van der Waals surface area contributed by atoms with E-state index < -0.39 is 0 Å². The van der Waals surface area contributed by atoms with Crippen molar-refractivity contribution >= 4 is 22.9 Å². The fourth-order valence-corrected chi connectivity index (χ4v) is 2.60. The monoisotopic (exact) mass is 308 g/mol. The molecule has 1 aromatic carbocycles. The van der Waals surface area contributed by atoms with E-state index in [-0.39, 0.29) is 11.7 Å². The predicted octanol–water partition coefficient (Wildman–Crippen LogP) is 3.93. The lowest BCUT2D eigenvalue weighted by Gasteiger charge is -2.09. The Morgan fingerprint density at radius 1 is 1.13 bits per heavy atom. The summed E-state index contributed by atoms with van der Waals surface area (Å²) in [5.41, 5.74) is 4.53. The second-order valence-corrected chi connectivity index (χ2v) is 6.15. The van der Waals surface area contributed by atoms with Gasteiger partial charge < -0.3 is 5.32 Å². The van der Waals surface area contributed by atoms with Gasteiger partial charge in [-0.3, -0.25) is 4.79 Å². The fourth-order valence-electron chi connectivity index (χ4n) is 2.60. The zero-order valence-electron chi connectivity index (χ0n) is 13.8. The van der Waals surface area contributed by atoms with Crippen molar-refractivity contribution in [2.45, 2.75) is 27.7 Å². The summed E-state index contributed by atoms with van der Waals surface area (Å²) in [7, 11) is 0. The first-order chi connectivity index (χ1) is 10.9. The van der Waals surface area contributed by atoms with Gasteiger partial charge in [0.15, 0.2) is 17.2 Å². The van der Waals surface area contributed by atoms with Crippen LogP contribution in [0.25, 0.3) is 5.65 Å². The average Bonchev–Trinajstić information content (AvgIpc) is 2.88. The average molecular weight is 308 g/mol. The molecule has 2 aromatic heterocycles. The van der Waals surface area contributed by atoms with Crippen LogP contribution in [0.3, 0.4) is 0 Å². The Morgan fingerprint density at radius 2 is 1.83 bits per heavy atom. The van der Waals surface area contributed by atoms with E-state index in [0.717, 1.165) is 5.69 Å². The molecule has 0 saturated carbocycles. The molecule has 0 aliphatic rings. The first kappa shape index (κ1) is 15.2. The Kier molecular flexibility index (Phi) is 3.86. The first-order valence-corrected chi connectivity index (χ1v) is 7.68. The highest BCUT2D eigenvalue weighted by Crippen LogP contribution is 2.19. The standard InChI is InChI=1S/C18H20N4O/c1-11(2)18(23)15-10-19-17-6-5-16(21-22(15)17)20-14-8-12(3)7-13(4)9-14/h5-11H,1-4H3,(H,20,21). The van der Waals surface area contributed by atoms with Crippen molar-refractivity contribution in [2.24, 2.45) is 5.92 Å².